The summed E-state index contributed by atoms with van der Waals surface area (Å²) in [7, 11) is 0. The number of rotatable bonds is 7. The number of aromatic amines is 1. The van der Waals surface area contributed by atoms with Crippen molar-refractivity contribution in [2.75, 3.05) is 13.3 Å². The van der Waals surface area contributed by atoms with E-state index in [1.54, 1.807) is 0 Å². The number of hydrogen-bond donors (Lipinski definition) is 2. The smallest absolute Gasteiger partial charge is 0.255 e. The monoisotopic (exact) mass is 351 g/mol. The largest absolute Gasteiger partial charge is 0.454 e. The molecule has 0 aliphatic carbocycles. The summed E-state index contributed by atoms with van der Waals surface area (Å²) in [6.45, 7) is 0.662. The van der Waals surface area contributed by atoms with Gasteiger partial charge in [0, 0.05) is 31.4 Å². The lowest BCUT2D eigenvalue weighted by atomic mass is 10.0. The van der Waals surface area contributed by atoms with Gasteiger partial charge >= 0.3 is 0 Å². The van der Waals surface area contributed by atoms with Gasteiger partial charge in [-0.05, 0) is 18.2 Å². The third-order valence-corrected chi connectivity index (χ3v) is 4.41. The van der Waals surface area contributed by atoms with Crippen LogP contribution in [0.3, 0.4) is 0 Å². The van der Waals surface area contributed by atoms with E-state index in [0.29, 0.717) is 48.6 Å². The number of ether oxygens (including phenoxy) is 2. The van der Waals surface area contributed by atoms with E-state index >= 15 is 0 Å². The lowest BCUT2D eigenvalue weighted by Gasteiger charge is -2.10. The first-order valence-corrected chi connectivity index (χ1v) is 8.30. The zero-order valence-corrected chi connectivity index (χ0v) is 14.0. The first kappa shape index (κ1) is 16.1. The van der Waals surface area contributed by atoms with Gasteiger partial charge in [0.2, 0.25) is 6.79 Å². The van der Waals surface area contributed by atoms with Gasteiger partial charge in [0.25, 0.3) is 5.91 Å². The Labute approximate surface area is 150 Å². The summed E-state index contributed by atoms with van der Waals surface area (Å²) in [5.41, 5.74) is 1.49. The van der Waals surface area contributed by atoms with Crippen molar-refractivity contribution < 1.29 is 14.3 Å². The zero-order valence-electron chi connectivity index (χ0n) is 14.0. The molecule has 2 aliphatic heterocycles. The number of terminal acetylenes is 1. The van der Waals surface area contributed by atoms with E-state index in [4.69, 9.17) is 15.9 Å². The number of amides is 1. The molecule has 0 saturated heterocycles. The van der Waals surface area contributed by atoms with E-state index in [9.17, 15) is 4.79 Å². The van der Waals surface area contributed by atoms with Crippen molar-refractivity contribution in [3.63, 3.8) is 0 Å². The molecule has 0 atom stereocenters. The molecule has 0 spiro atoms. The Morgan fingerprint density at radius 2 is 2.15 bits per heavy atom. The lowest BCUT2D eigenvalue weighted by molar-refractivity contribution is 0.0952. The fraction of sp³-hybridized carbons (Fsp3) is 0.333. The third kappa shape index (κ3) is 3.11. The second-order valence-electron chi connectivity index (χ2n) is 6.12. The molecule has 0 radical (unpaired) electrons. The van der Waals surface area contributed by atoms with Crippen molar-refractivity contribution in [3.8, 4) is 35.1 Å². The van der Waals surface area contributed by atoms with E-state index in [2.05, 4.69) is 31.7 Å². The van der Waals surface area contributed by atoms with Gasteiger partial charge in [-0.1, -0.05) is 0 Å². The van der Waals surface area contributed by atoms with Gasteiger partial charge < -0.3 is 14.8 Å². The van der Waals surface area contributed by atoms with Crippen molar-refractivity contribution in [1.82, 2.24) is 15.5 Å². The molecular weight excluding hydrogens is 334 g/mol. The highest BCUT2D eigenvalue weighted by Crippen LogP contribution is 2.37. The number of aromatic nitrogens is 2. The van der Waals surface area contributed by atoms with Gasteiger partial charge in [-0.15, -0.1) is 12.3 Å². The molecular formula is C18H17N5O3. The molecule has 3 heterocycles. The van der Waals surface area contributed by atoms with Crippen LogP contribution in [0, 0.1) is 12.3 Å². The number of carbonyl (C=O) groups excluding carboxylic acids is 1. The van der Waals surface area contributed by atoms with Gasteiger partial charge in [0.1, 0.15) is 0 Å². The molecule has 2 aliphatic rings. The maximum atomic E-state index is 12.5. The molecule has 0 unspecified atom stereocenters. The Morgan fingerprint density at radius 1 is 1.31 bits per heavy atom. The molecule has 1 aromatic carbocycles. The highest BCUT2D eigenvalue weighted by molar-refractivity contribution is 5.99. The van der Waals surface area contributed by atoms with Crippen LogP contribution in [0.15, 0.2) is 34.6 Å². The van der Waals surface area contributed by atoms with Crippen molar-refractivity contribution in [1.29, 1.82) is 0 Å². The Morgan fingerprint density at radius 3 is 2.96 bits per heavy atom. The Kier molecular flexibility index (Phi) is 4.05. The highest BCUT2D eigenvalue weighted by atomic mass is 16.7. The van der Waals surface area contributed by atoms with E-state index in [-0.39, 0.29) is 12.7 Å². The van der Waals surface area contributed by atoms with E-state index in [1.807, 2.05) is 18.2 Å². The lowest BCUT2D eigenvalue weighted by Crippen LogP contribution is -2.28. The molecule has 0 saturated carbocycles. The summed E-state index contributed by atoms with van der Waals surface area (Å²) < 4.78 is 10.7. The van der Waals surface area contributed by atoms with Crippen LogP contribution in [0.1, 0.15) is 29.6 Å². The Bertz CT molecular complexity index is 906. The summed E-state index contributed by atoms with van der Waals surface area (Å²) >= 11 is 0. The Hall–Kier alpha value is -3.34. The van der Waals surface area contributed by atoms with Crippen LogP contribution in [0.5, 0.6) is 11.5 Å². The second kappa shape index (κ2) is 6.52. The normalized spacial score (nSPS) is 15.5. The van der Waals surface area contributed by atoms with Crippen LogP contribution in [-0.4, -0.2) is 35.1 Å². The van der Waals surface area contributed by atoms with E-state index < -0.39 is 5.66 Å². The molecule has 4 rings (SSSR count). The first-order chi connectivity index (χ1) is 12.7. The average molecular weight is 351 g/mol. The fourth-order valence-corrected chi connectivity index (χ4v) is 2.87. The summed E-state index contributed by atoms with van der Waals surface area (Å²) in [6, 6.07) is 5.49. The second-order valence-corrected chi connectivity index (χ2v) is 6.12. The number of fused-ring (bicyclic) bond motifs is 1. The van der Waals surface area contributed by atoms with Crippen LogP contribution in [0.4, 0.5) is 0 Å². The maximum absolute atomic E-state index is 12.5. The number of H-pyrrole nitrogens is 1. The average Bonchev–Trinajstić information content (AvgIpc) is 3.07. The van der Waals surface area contributed by atoms with Gasteiger partial charge in [0.15, 0.2) is 17.2 Å². The van der Waals surface area contributed by atoms with Crippen molar-refractivity contribution >= 4 is 5.91 Å². The third-order valence-electron chi connectivity index (χ3n) is 4.41. The van der Waals surface area contributed by atoms with Crippen molar-refractivity contribution in [2.24, 2.45) is 10.2 Å². The maximum Gasteiger partial charge on any atom is 0.255 e. The molecule has 0 fully saturated rings. The quantitative estimate of drug-likeness (QED) is 0.748. The molecule has 8 heteroatoms. The summed E-state index contributed by atoms with van der Waals surface area (Å²) in [4.78, 5) is 12.5. The number of nitrogens with one attached hydrogen (secondary N) is 2. The van der Waals surface area contributed by atoms with Gasteiger partial charge in [0.05, 0.1) is 17.5 Å². The minimum Gasteiger partial charge on any atom is -0.454 e. The standard InChI is InChI=1S/C18H17N5O3/c1-2-3-6-18(22-23-18)7-8-19-17(24)13-10-20-21-16(13)12-4-5-14-15(9-12)26-11-25-14/h1,4-5,9-10H,3,6-8,11H2,(H,19,24)(H,20,21). The van der Waals surface area contributed by atoms with Crippen molar-refractivity contribution in [2.45, 2.75) is 24.9 Å². The van der Waals surface area contributed by atoms with E-state index in [1.165, 1.54) is 6.20 Å². The zero-order chi connectivity index (χ0) is 18.0. The summed E-state index contributed by atoms with van der Waals surface area (Å²) in [5, 5.41) is 17.9. The van der Waals surface area contributed by atoms with Crippen LogP contribution in [-0.2, 0) is 0 Å². The molecule has 1 amide bonds. The van der Waals surface area contributed by atoms with E-state index in [0.717, 1.165) is 5.56 Å². The highest BCUT2D eigenvalue weighted by Gasteiger charge is 2.38. The number of carbonyl (C=O) groups is 1. The summed E-state index contributed by atoms with van der Waals surface area (Å²) in [6.07, 6.45) is 8.76. The van der Waals surface area contributed by atoms with Gasteiger partial charge in [-0.2, -0.15) is 15.3 Å². The SMILES string of the molecule is C#CCCC1(CCNC(=O)c2cn[nH]c2-c2ccc3c(c2)OCO3)N=N1. The Balaban J connectivity index is 1.40. The molecule has 26 heavy (non-hydrogen) atoms. The van der Waals surface area contributed by atoms with Crippen molar-refractivity contribution in [3.05, 3.63) is 30.0 Å². The van der Waals surface area contributed by atoms with Crippen LogP contribution in [0.2, 0.25) is 0 Å². The predicted molar refractivity (Wildman–Crippen MR) is 92.8 cm³/mol. The van der Waals surface area contributed by atoms with Crippen LogP contribution < -0.4 is 14.8 Å². The molecule has 8 nitrogen and oxygen atoms in total. The topological polar surface area (TPSA) is 101 Å². The molecule has 2 N–H and O–H groups in total. The van der Waals surface area contributed by atoms with Crippen LogP contribution in [0.25, 0.3) is 11.3 Å². The minimum atomic E-state index is -0.407. The number of nitrogens with zero attached hydrogens (tertiary/aromatic N) is 3. The number of hydrogen-bond acceptors (Lipinski definition) is 6. The summed E-state index contributed by atoms with van der Waals surface area (Å²) in [5.74, 6) is 3.72. The molecule has 0 bridgehead atoms. The molecule has 132 valence electrons. The minimum absolute atomic E-state index is 0.201. The van der Waals surface area contributed by atoms with Gasteiger partial charge in [-0.3, -0.25) is 9.89 Å². The molecule has 1 aromatic heterocycles. The first-order valence-electron chi connectivity index (χ1n) is 8.30. The molecule has 2 aromatic rings. The number of benzene rings is 1. The van der Waals surface area contributed by atoms with Crippen LogP contribution >= 0.6 is 0 Å². The predicted octanol–water partition coefficient (Wildman–Crippen LogP) is 2.50. The van der Waals surface area contributed by atoms with Gasteiger partial charge in [-0.25, -0.2) is 0 Å². The fourth-order valence-electron chi connectivity index (χ4n) is 2.87.